The second kappa shape index (κ2) is 5.59. The third kappa shape index (κ3) is 3.39. The van der Waals surface area contributed by atoms with E-state index in [1.54, 1.807) is 18.5 Å². The molecule has 17 heavy (non-hydrogen) atoms. The van der Waals surface area contributed by atoms with Gasteiger partial charge in [0, 0.05) is 37.5 Å². The number of nitrogens with zero attached hydrogens (tertiary/aromatic N) is 1. The molecule has 90 valence electrons. The van der Waals surface area contributed by atoms with E-state index in [1.165, 1.54) is 6.07 Å². The number of nitrogens with one attached hydrogen (secondary N) is 2. The Morgan fingerprint density at radius 1 is 1.41 bits per heavy atom. The average molecular weight is 233 g/mol. The Morgan fingerprint density at radius 2 is 2.29 bits per heavy atom. The van der Waals surface area contributed by atoms with E-state index in [1.807, 2.05) is 13.0 Å². The largest absolute Gasteiger partial charge is 0.349 e. The molecule has 0 unspecified atom stereocenters. The van der Waals surface area contributed by atoms with E-state index in [-0.39, 0.29) is 5.82 Å². The van der Waals surface area contributed by atoms with Gasteiger partial charge in [-0.3, -0.25) is 0 Å². The summed E-state index contributed by atoms with van der Waals surface area (Å²) in [5.41, 5.74) is 1.79. The number of H-pyrrole nitrogens is 1. The zero-order valence-corrected chi connectivity index (χ0v) is 9.83. The molecule has 1 aromatic carbocycles. The molecule has 2 N–H and O–H groups in total. The predicted molar refractivity (Wildman–Crippen MR) is 65.1 cm³/mol. The Hall–Kier alpha value is -1.68. The lowest BCUT2D eigenvalue weighted by Crippen LogP contribution is -2.18. The third-order valence-electron chi connectivity index (χ3n) is 2.61. The number of aromatic amines is 1. The molecule has 4 heteroatoms. The molecule has 0 aliphatic carbocycles. The van der Waals surface area contributed by atoms with Crippen LogP contribution < -0.4 is 5.32 Å². The monoisotopic (exact) mass is 233 g/mol. The van der Waals surface area contributed by atoms with Crippen LogP contribution in [0.1, 0.15) is 17.0 Å². The van der Waals surface area contributed by atoms with Crippen LogP contribution >= 0.6 is 0 Å². The Kier molecular flexibility index (Phi) is 3.88. The summed E-state index contributed by atoms with van der Waals surface area (Å²) >= 11 is 0. The standard InChI is InChI=1S/C13H16FN3/c1-10-2-3-12(14)11(8-10)9-15-5-4-13-16-6-7-17-13/h2-3,6-8,15H,4-5,9H2,1H3,(H,16,17). The van der Waals surface area contributed by atoms with Gasteiger partial charge in [-0.1, -0.05) is 17.7 Å². The van der Waals surface area contributed by atoms with Crippen molar-refractivity contribution in [2.45, 2.75) is 19.9 Å². The normalized spacial score (nSPS) is 10.7. The summed E-state index contributed by atoms with van der Waals surface area (Å²) < 4.78 is 13.4. The van der Waals surface area contributed by atoms with Gasteiger partial charge in [-0.15, -0.1) is 0 Å². The fraction of sp³-hybridized carbons (Fsp3) is 0.308. The zero-order chi connectivity index (χ0) is 12.1. The summed E-state index contributed by atoms with van der Waals surface area (Å²) in [6.07, 6.45) is 4.35. The number of rotatable bonds is 5. The van der Waals surface area contributed by atoms with Gasteiger partial charge in [-0.05, 0) is 13.0 Å². The molecule has 0 spiro atoms. The molecule has 0 fully saturated rings. The Morgan fingerprint density at radius 3 is 3.06 bits per heavy atom. The molecule has 0 radical (unpaired) electrons. The van der Waals surface area contributed by atoms with Crippen molar-refractivity contribution in [1.82, 2.24) is 15.3 Å². The minimum absolute atomic E-state index is 0.152. The number of halogens is 1. The minimum Gasteiger partial charge on any atom is -0.349 e. The van der Waals surface area contributed by atoms with Crippen molar-refractivity contribution in [2.24, 2.45) is 0 Å². The van der Waals surface area contributed by atoms with Crippen LogP contribution in [0.4, 0.5) is 4.39 Å². The number of hydrogen-bond donors (Lipinski definition) is 2. The van der Waals surface area contributed by atoms with Crippen LogP contribution in [0.15, 0.2) is 30.6 Å². The summed E-state index contributed by atoms with van der Waals surface area (Å²) in [6.45, 7) is 3.29. The lowest BCUT2D eigenvalue weighted by molar-refractivity contribution is 0.586. The molecule has 0 aliphatic heterocycles. The average Bonchev–Trinajstić information content (AvgIpc) is 2.82. The minimum atomic E-state index is -0.152. The lowest BCUT2D eigenvalue weighted by atomic mass is 10.1. The van der Waals surface area contributed by atoms with Crippen LogP contribution in [0.25, 0.3) is 0 Å². The van der Waals surface area contributed by atoms with Crippen molar-refractivity contribution < 1.29 is 4.39 Å². The highest BCUT2D eigenvalue weighted by Crippen LogP contribution is 2.09. The predicted octanol–water partition coefficient (Wildman–Crippen LogP) is 2.19. The van der Waals surface area contributed by atoms with Crippen LogP contribution in [0.2, 0.25) is 0 Å². The van der Waals surface area contributed by atoms with Gasteiger partial charge in [0.25, 0.3) is 0 Å². The molecule has 1 heterocycles. The van der Waals surface area contributed by atoms with E-state index in [4.69, 9.17) is 0 Å². The van der Waals surface area contributed by atoms with Crippen molar-refractivity contribution in [2.75, 3.05) is 6.54 Å². The van der Waals surface area contributed by atoms with Crippen molar-refractivity contribution >= 4 is 0 Å². The van der Waals surface area contributed by atoms with Gasteiger partial charge in [0.05, 0.1) is 0 Å². The first-order valence-electron chi connectivity index (χ1n) is 5.70. The SMILES string of the molecule is Cc1ccc(F)c(CNCCc2ncc[nH]2)c1. The number of aryl methyl sites for hydroxylation is 1. The first kappa shape index (κ1) is 11.8. The summed E-state index contributed by atoms with van der Waals surface area (Å²) in [5, 5.41) is 3.21. The van der Waals surface area contributed by atoms with Gasteiger partial charge < -0.3 is 10.3 Å². The molecule has 0 atom stereocenters. The smallest absolute Gasteiger partial charge is 0.127 e. The second-order valence-corrected chi connectivity index (χ2v) is 4.06. The molecule has 0 bridgehead atoms. The summed E-state index contributed by atoms with van der Waals surface area (Å²) in [7, 11) is 0. The van der Waals surface area contributed by atoms with E-state index >= 15 is 0 Å². The third-order valence-corrected chi connectivity index (χ3v) is 2.61. The fourth-order valence-electron chi connectivity index (χ4n) is 1.70. The Labute approximate surface area is 100 Å². The topological polar surface area (TPSA) is 40.7 Å². The number of imidazole rings is 1. The van der Waals surface area contributed by atoms with E-state index in [9.17, 15) is 4.39 Å². The van der Waals surface area contributed by atoms with Gasteiger partial charge in [0.1, 0.15) is 11.6 Å². The van der Waals surface area contributed by atoms with Crippen molar-refractivity contribution in [3.63, 3.8) is 0 Å². The van der Waals surface area contributed by atoms with E-state index in [0.717, 1.165) is 24.4 Å². The first-order valence-corrected chi connectivity index (χ1v) is 5.70. The Bertz CT molecular complexity index is 466. The van der Waals surface area contributed by atoms with E-state index in [2.05, 4.69) is 15.3 Å². The van der Waals surface area contributed by atoms with Crippen LogP contribution in [-0.2, 0) is 13.0 Å². The molecule has 0 aliphatic rings. The van der Waals surface area contributed by atoms with Crippen LogP contribution in [0.5, 0.6) is 0 Å². The number of aromatic nitrogens is 2. The maximum Gasteiger partial charge on any atom is 0.127 e. The van der Waals surface area contributed by atoms with Gasteiger partial charge in [-0.25, -0.2) is 9.37 Å². The lowest BCUT2D eigenvalue weighted by Gasteiger charge is -2.06. The maximum absolute atomic E-state index is 13.4. The van der Waals surface area contributed by atoms with Crippen molar-refractivity contribution in [3.8, 4) is 0 Å². The molecule has 3 nitrogen and oxygen atoms in total. The molecule has 0 amide bonds. The summed E-state index contributed by atoms with van der Waals surface area (Å²) in [4.78, 5) is 7.15. The quantitative estimate of drug-likeness (QED) is 0.777. The molecule has 0 saturated carbocycles. The highest BCUT2D eigenvalue weighted by molar-refractivity contribution is 5.23. The fourth-order valence-corrected chi connectivity index (χ4v) is 1.70. The van der Waals surface area contributed by atoms with Gasteiger partial charge in [0.15, 0.2) is 0 Å². The van der Waals surface area contributed by atoms with E-state index < -0.39 is 0 Å². The van der Waals surface area contributed by atoms with Crippen LogP contribution in [0.3, 0.4) is 0 Å². The summed E-state index contributed by atoms with van der Waals surface area (Å²) in [6, 6.07) is 5.16. The van der Waals surface area contributed by atoms with Gasteiger partial charge >= 0.3 is 0 Å². The van der Waals surface area contributed by atoms with Crippen molar-refractivity contribution in [1.29, 1.82) is 0 Å². The molecular weight excluding hydrogens is 217 g/mol. The number of benzene rings is 1. The molecule has 1 aromatic heterocycles. The molecule has 0 saturated heterocycles. The van der Waals surface area contributed by atoms with Crippen LogP contribution in [0, 0.1) is 12.7 Å². The van der Waals surface area contributed by atoms with Crippen molar-refractivity contribution in [3.05, 3.63) is 53.4 Å². The highest BCUT2D eigenvalue weighted by Gasteiger charge is 2.01. The highest BCUT2D eigenvalue weighted by atomic mass is 19.1. The summed E-state index contributed by atoms with van der Waals surface area (Å²) in [5.74, 6) is 0.795. The van der Waals surface area contributed by atoms with Gasteiger partial charge in [-0.2, -0.15) is 0 Å². The molecule has 2 rings (SSSR count). The van der Waals surface area contributed by atoms with Gasteiger partial charge in [0.2, 0.25) is 0 Å². The molecular formula is C13H16FN3. The van der Waals surface area contributed by atoms with E-state index in [0.29, 0.717) is 12.1 Å². The zero-order valence-electron chi connectivity index (χ0n) is 9.83. The molecule has 2 aromatic rings. The maximum atomic E-state index is 13.4. The first-order chi connectivity index (χ1) is 8.25. The second-order valence-electron chi connectivity index (χ2n) is 4.06. The number of hydrogen-bond acceptors (Lipinski definition) is 2. The Balaban J connectivity index is 1.80. The van der Waals surface area contributed by atoms with Crippen LogP contribution in [-0.4, -0.2) is 16.5 Å².